The highest BCUT2D eigenvalue weighted by Crippen LogP contribution is 2.32. The first-order valence-corrected chi connectivity index (χ1v) is 14.4. The molecule has 36 heavy (non-hydrogen) atoms. The van der Waals surface area contributed by atoms with Gasteiger partial charge in [-0.3, -0.25) is 14.9 Å². The lowest BCUT2D eigenvalue weighted by atomic mass is 10.1. The highest BCUT2D eigenvalue weighted by atomic mass is 32.2. The first-order valence-electron chi connectivity index (χ1n) is 11.8. The molecular weight excluding hydrogens is 500 g/mol. The summed E-state index contributed by atoms with van der Waals surface area (Å²) >= 11 is 1.24. The van der Waals surface area contributed by atoms with Crippen LogP contribution in [0.3, 0.4) is 0 Å². The van der Waals surface area contributed by atoms with Crippen molar-refractivity contribution in [1.82, 2.24) is 10.2 Å². The van der Waals surface area contributed by atoms with E-state index in [9.17, 15) is 22.9 Å². The van der Waals surface area contributed by atoms with Gasteiger partial charge in [0.05, 0.1) is 17.1 Å². The standard InChI is InChI=1S/C25H32N4O5S2/c1-4-29(25(26-3)35-17(2)28-32)24(31)20-9-11-21(12-10-20)27-23(30)15-18-7-13-22(14-8-18)36(33,34)16-19-5-6-19/h7-14,17,19,25-26H,4-6,15-16H2,1-3H3,(H,27,30). The summed E-state index contributed by atoms with van der Waals surface area (Å²) < 4.78 is 24.8. The highest BCUT2D eigenvalue weighted by Gasteiger charge is 2.29. The molecule has 0 saturated heterocycles. The zero-order valence-corrected chi connectivity index (χ0v) is 22.3. The maximum Gasteiger partial charge on any atom is 0.255 e. The van der Waals surface area contributed by atoms with Crippen LogP contribution in [0.15, 0.2) is 58.6 Å². The molecule has 0 heterocycles. The quantitative estimate of drug-likeness (QED) is 0.296. The Morgan fingerprint density at radius 3 is 2.28 bits per heavy atom. The summed E-state index contributed by atoms with van der Waals surface area (Å²) in [7, 11) is -1.57. The number of hydrogen-bond acceptors (Lipinski definition) is 8. The van der Waals surface area contributed by atoms with Gasteiger partial charge >= 0.3 is 0 Å². The minimum Gasteiger partial charge on any atom is -0.326 e. The Morgan fingerprint density at radius 2 is 1.75 bits per heavy atom. The lowest BCUT2D eigenvalue weighted by Crippen LogP contribution is -2.46. The van der Waals surface area contributed by atoms with E-state index < -0.39 is 20.7 Å². The van der Waals surface area contributed by atoms with Gasteiger partial charge in [0.25, 0.3) is 5.91 Å². The van der Waals surface area contributed by atoms with E-state index >= 15 is 0 Å². The Bertz CT molecular complexity index is 1170. The third-order valence-electron chi connectivity index (χ3n) is 5.82. The van der Waals surface area contributed by atoms with Gasteiger partial charge in [-0.15, -0.1) is 4.91 Å². The lowest BCUT2D eigenvalue weighted by molar-refractivity contribution is -0.115. The van der Waals surface area contributed by atoms with Crippen molar-refractivity contribution in [2.45, 2.75) is 48.9 Å². The van der Waals surface area contributed by atoms with E-state index in [0.29, 0.717) is 23.4 Å². The fourth-order valence-corrected chi connectivity index (χ4v) is 6.33. The van der Waals surface area contributed by atoms with Crippen LogP contribution in [0.5, 0.6) is 0 Å². The molecule has 2 N–H and O–H groups in total. The van der Waals surface area contributed by atoms with E-state index in [1.165, 1.54) is 11.8 Å². The van der Waals surface area contributed by atoms with Gasteiger partial charge in [-0.25, -0.2) is 8.42 Å². The summed E-state index contributed by atoms with van der Waals surface area (Å²) in [6.07, 6.45) is 2.03. The number of nitroso groups, excluding NO2 is 1. The second kappa shape index (κ2) is 12.5. The normalized spacial score (nSPS) is 15.1. The molecule has 194 valence electrons. The van der Waals surface area contributed by atoms with E-state index in [0.717, 1.165) is 12.8 Å². The van der Waals surface area contributed by atoms with Crippen LogP contribution in [0, 0.1) is 10.8 Å². The van der Waals surface area contributed by atoms with E-state index in [-0.39, 0.29) is 34.8 Å². The van der Waals surface area contributed by atoms with Crippen LogP contribution in [-0.4, -0.2) is 55.3 Å². The van der Waals surface area contributed by atoms with E-state index in [2.05, 4.69) is 15.8 Å². The molecule has 2 atom stereocenters. The van der Waals surface area contributed by atoms with Crippen molar-refractivity contribution in [2.24, 2.45) is 11.1 Å². The fourth-order valence-electron chi connectivity index (χ4n) is 3.68. The summed E-state index contributed by atoms with van der Waals surface area (Å²) in [5.74, 6) is 0.00129. The fraction of sp³-hybridized carbons (Fsp3) is 0.440. The molecule has 2 aromatic carbocycles. The van der Waals surface area contributed by atoms with Crippen LogP contribution in [-0.2, 0) is 21.1 Å². The molecule has 2 aromatic rings. The van der Waals surface area contributed by atoms with Crippen molar-refractivity contribution < 1.29 is 18.0 Å². The van der Waals surface area contributed by atoms with Crippen molar-refractivity contribution in [1.29, 1.82) is 0 Å². The number of carbonyl (C=O) groups is 2. The number of hydrogen-bond donors (Lipinski definition) is 2. The first-order chi connectivity index (χ1) is 17.2. The van der Waals surface area contributed by atoms with Gasteiger partial charge in [-0.05, 0) is 81.6 Å². The molecular formula is C25H32N4O5S2. The topological polar surface area (TPSA) is 125 Å². The van der Waals surface area contributed by atoms with Crippen LogP contribution in [0.4, 0.5) is 5.69 Å². The Hall–Kier alpha value is -2.76. The summed E-state index contributed by atoms with van der Waals surface area (Å²) in [5.41, 5.74) is 1.29. The summed E-state index contributed by atoms with van der Waals surface area (Å²) in [4.78, 5) is 38.2. The molecule has 0 spiro atoms. The van der Waals surface area contributed by atoms with E-state index in [1.807, 2.05) is 6.92 Å². The number of carbonyl (C=O) groups excluding carboxylic acids is 2. The molecule has 2 unspecified atom stereocenters. The summed E-state index contributed by atoms with van der Waals surface area (Å²) in [6.45, 7) is 3.96. The van der Waals surface area contributed by atoms with Crippen molar-refractivity contribution in [3.8, 4) is 0 Å². The molecule has 3 rings (SSSR count). The minimum atomic E-state index is -3.28. The van der Waals surface area contributed by atoms with Crippen molar-refractivity contribution >= 4 is 39.1 Å². The maximum absolute atomic E-state index is 13.0. The molecule has 0 bridgehead atoms. The molecule has 0 radical (unpaired) electrons. The Kier molecular flexibility index (Phi) is 9.63. The zero-order chi connectivity index (χ0) is 26.3. The van der Waals surface area contributed by atoms with Crippen molar-refractivity contribution in [3.63, 3.8) is 0 Å². The number of thioether (sulfide) groups is 1. The average molecular weight is 533 g/mol. The number of nitrogens with one attached hydrogen (secondary N) is 2. The Morgan fingerprint density at radius 1 is 1.11 bits per heavy atom. The van der Waals surface area contributed by atoms with Crippen LogP contribution in [0.25, 0.3) is 0 Å². The summed E-state index contributed by atoms with van der Waals surface area (Å²) in [5, 5.41) is 8.31. The Balaban J connectivity index is 1.58. The van der Waals surface area contributed by atoms with Gasteiger partial charge in [0, 0.05) is 17.8 Å². The molecule has 1 aliphatic carbocycles. The Labute approximate surface area is 216 Å². The van der Waals surface area contributed by atoms with Crippen molar-refractivity contribution in [3.05, 3.63) is 64.6 Å². The van der Waals surface area contributed by atoms with Crippen LogP contribution in [0.1, 0.15) is 42.6 Å². The van der Waals surface area contributed by atoms with Crippen LogP contribution < -0.4 is 10.6 Å². The van der Waals surface area contributed by atoms with Crippen molar-refractivity contribution in [2.75, 3.05) is 24.7 Å². The van der Waals surface area contributed by atoms with Gasteiger partial charge in [-0.2, -0.15) is 0 Å². The third-order valence-corrected chi connectivity index (χ3v) is 8.95. The first kappa shape index (κ1) is 27.8. The van der Waals surface area contributed by atoms with Gasteiger partial charge in [0.1, 0.15) is 10.9 Å². The van der Waals surface area contributed by atoms with Gasteiger partial charge in [-0.1, -0.05) is 29.1 Å². The van der Waals surface area contributed by atoms with E-state index in [1.54, 1.807) is 67.4 Å². The number of sulfone groups is 1. The number of rotatable bonds is 13. The smallest absolute Gasteiger partial charge is 0.255 e. The number of nitrogens with zero attached hydrogens (tertiary/aromatic N) is 2. The maximum atomic E-state index is 13.0. The average Bonchev–Trinajstić information content (AvgIpc) is 3.67. The molecule has 11 heteroatoms. The van der Waals surface area contributed by atoms with Crippen LogP contribution in [0.2, 0.25) is 0 Å². The third kappa shape index (κ3) is 7.62. The van der Waals surface area contributed by atoms with Crippen LogP contribution >= 0.6 is 11.8 Å². The molecule has 0 aromatic heterocycles. The molecule has 1 aliphatic rings. The van der Waals surface area contributed by atoms with E-state index in [4.69, 9.17) is 0 Å². The van der Waals surface area contributed by atoms with Gasteiger partial charge in [0.2, 0.25) is 5.91 Å². The molecule has 1 fully saturated rings. The predicted molar refractivity (Wildman–Crippen MR) is 142 cm³/mol. The number of amides is 2. The summed E-state index contributed by atoms with van der Waals surface area (Å²) in [6, 6.07) is 13.0. The predicted octanol–water partition coefficient (Wildman–Crippen LogP) is 3.86. The molecule has 2 amide bonds. The second-order valence-corrected chi connectivity index (χ2v) is 12.2. The minimum absolute atomic E-state index is 0.0945. The second-order valence-electron chi connectivity index (χ2n) is 8.74. The van der Waals surface area contributed by atoms with Gasteiger partial charge < -0.3 is 10.2 Å². The zero-order valence-electron chi connectivity index (χ0n) is 20.6. The monoisotopic (exact) mass is 532 g/mol. The number of benzene rings is 2. The number of anilines is 1. The van der Waals surface area contributed by atoms with Gasteiger partial charge in [0.15, 0.2) is 9.84 Å². The SMILES string of the molecule is CCN(C(=O)c1ccc(NC(=O)Cc2ccc(S(=O)(=O)CC3CC3)cc2)cc1)C(NC)SC(C)N=O. The largest absolute Gasteiger partial charge is 0.326 e. The molecule has 0 aliphatic heterocycles. The lowest BCUT2D eigenvalue weighted by Gasteiger charge is -2.30. The highest BCUT2D eigenvalue weighted by molar-refractivity contribution is 8.00. The molecule has 1 saturated carbocycles. The molecule has 9 nitrogen and oxygen atoms in total.